The van der Waals surface area contributed by atoms with Crippen LogP contribution in [0.3, 0.4) is 0 Å². The van der Waals surface area contributed by atoms with Crippen LogP contribution >= 0.6 is 0 Å². The van der Waals surface area contributed by atoms with Crippen LogP contribution in [0.15, 0.2) is 60.0 Å². The van der Waals surface area contributed by atoms with E-state index >= 15 is 0 Å². The lowest BCUT2D eigenvalue weighted by atomic mass is 10.0. The second kappa shape index (κ2) is 9.31. The van der Waals surface area contributed by atoms with Crippen molar-refractivity contribution in [1.29, 1.82) is 0 Å². The normalized spacial score (nSPS) is 11.8. The van der Waals surface area contributed by atoms with Crippen molar-refractivity contribution in [2.45, 2.75) is 26.2 Å². The van der Waals surface area contributed by atoms with Crippen molar-refractivity contribution in [2.75, 3.05) is 11.9 Å². The maximum atomic E-state index is 11.9. The number of carbonyl (C=O) groups excluding carboxylic acids is 1. The monoisotopic (exact) mass is 372 g/mol. The van der Waals surface area contributed by atoms with E-state index in [0.29, 0.717) is 11.6 Å². The van der Waals surface area contributed by atoms with E-state index in [9.17, 15) is 13.2 Å². The molecule has 0 bridgehead atoms. The SMILES string of the molecule is CC(C)c1ccc(NC(=O)CCNS(=O)(=O)/C=C/c2ccccc2)cc1. The number of hydrogen-bond acceptors (Lipinski definition) is 3. The van der Waals surface area contributed by atoms with Crippen LogP contribution in [0.4, 0.5) is 5.69 Å². The molecule has 138 valence electrons. The molecule has 0 aliphatic rings. The zero-order chi connectivity index (χ0) is 19.0. The van der Waals surface area contributed by atoms with E-state index in [-0.39, 0.29) is 18.9 Å². The summed E-state index contributed by atoms with van der Waals surface area (Å²) < 4.78 is 26.2. The average Bonchev–Trinajstić information content (AvgIpc) is 2.61. The van der Waals surface area contributed by atoms with Crippen LogP contribution in [0.5, 0.6) is 0 Å². The highest BCUT2D eigenvalue weighted by Crippen LogP contribution is 2.17. The molecular formula is C20H24N2O3S. The highest BCUT2D eigenvalue weighted by molar-refractivity contribution is 7.92. The maximum absolute atomic E-state index is 11.9. The molecule has 0 fully saturated rings. The number of benzene rings is 2. The Bertz CT molecular complexity index is 842. The lowest BCUT2D eigenvalue weighted by molar-refractivity contribution is -0.116. The van der Waals surface area contributed by atoms with Crippen molar-refractivity contribution < 1.29 is 13.2 Å². The summed E-state index contributed by atoms with van der Waals surface area (Å²) in [5.74, 6) is 0.190. The molecule has 2 N–H and O–H groups in total. The number of anilines is 1. The summed E-state index contributed by atoms with van der Waals surface area (Å²) in [4.78, 5) is 11.9. The third-order valence-corrected chi connectivity index (χ3v) is 4.86. The minimum atomic E-state index is -3.57. The fraction of sp³-hybridized carbons (Fsp3) is 0.250. The molecule has 26 heavy (non-hydrogen) atoms. The molecule has 2 aromatic carbocycles. The molecule has 0 aliphatic heterocycles. The van der Waals surface area contributed by atoms with Gasteiger partial charge < -0.3 is 5.32 Å². The fourth-order valence-corrected chi connectivity index (χ4v) is 3.08. The summed E-state index contributed by atoms with van der Waals surface area (Å²) in [6, 6.07) is 16.8. The van der Waals surface area contributed by atoms with Crippen LogP contribution in [0, 0.1) is 0 Å². The van der Waals surface area contributed by atoms with Gasteiger partial charge >= 0.3 is 0 Å². The zero-order valence-corrected chi connectivity index (χ0v) is 15.8. The van der Waals surface area contributed by atoms with E-state index < -0.39 is 10.0 Å². The van der Waals surface area contributed by atoms with Gasteiger partial charge in [0.1, 0.15) is 0 Å². The standard InChI is InChI=1S/C20H24N2O3S/c1-16(2)18-8-10-19(11-9-18)22-20(23)12-14-21-26(24,25)15-13-17-6-4-3-5-7-17/h3-11,13,15-16,21H,12,14H2,1-2H3,(H,22,23)/b15-13+. The van der Waals surface area contributed by atoms with E-state index in [1.54, 1.807) is 0 Å². The van der Waals surface area contributed by atoms with Gasteiger partial charge in [0.25, 0.3) is 0 Å². The Morgan fingerprint density at radius 3 is 2.31 bits per heavy atom. The quantitative estimate of drug-likeness (QED) is 0.741. The first kappa shape index (κ1) is 19.9. The van der Waals surface area contributed by atoms with Gasteiger partial charge in [-0.1, -0.05) is 56.3 Å². The van der Waals surface area contributed by atoms with Gasteiger partial charge in [0, 0.05) is 24.1 Å². The first-order valence-corrected chi connectivity index (χ1v) is 10.0. The lowest BCUT2D eigenvalue weighted by Crippen LogP contribution is -2.26. The van der Waals surface area contributed by atoms with E-state index in [4.69, 9.17) is 0 Å². The Labute approximate surface area is 155 Å². The molecule has 5 nitrogen and oxygen atoms in total. The Morgan fingerprint density at radius 2 is 1.69 bits per heavy atom. The van der Waals surface area contributed by atoms with Crippen molar-refractivity contribution in [2.24, 2.45) is 0 Å². The molecule has 0 aromatic heterocycles. The summed E-state index contributed by atoms with van der Waals surface area (Å²) >= 11 is 0. The third-order valence-electron chi connectivity index (χ3n) is 3.76. The minimum Gasteiger partial charge on any atom is -0.326 e. The topological polar surface area (TPSA) is 75.3 Å². The molecular weight excluding hydrogens is 348 g/mol. The van der Waals surface area contributed by atoms with Crippen molar-refractivity contribution in [3.05, 3.63) is 71.1 Å². The predicted molar refractivity (Wildman–Crippen MR) is 106 cm³/mol. The number of nitrogens with one attached hydrogen (secondary N) is 2. The Hall–Kier alpha value is -2.44. The van der Waals surface area contributed by atoms with Gasteiger partial charge in [0.15, 0.2) is 0 Å². The van der Waals surface area contributed by atoms with Gasteiger partial charge in [-0.3, -0.25) is 4.79 Å². The molecule has 1 amide bonds. The van der Waals surface area contributed by atoms with Gasteiger partial charge in [-0.25, -0.2) is 13.1 Å². The molecule has 2 aromatic rings. The lowest BCUT2D eigenvalue weighted by Gasteiger charge is -2.08. The van der Waals surface area contributed by atoms with Gasteiger partial charge in [0.2, 0.25) is 15.9 Å². The highest BCUT2D eigenvalue weighted by Gasteiger charge is 2.08. The third kappa shape index (κ3) is 6.82. The molecule has 0 unspecified atom stereocenters. The van der Waals surface area contributed by atoms with Gasteiger partial charge in [-0.2, -0.15) is 0 Å². The number of carbonyl (C=O) groups is 1. The van der Waals surface area contributed by atoms with Crippen LogP contribution in [-0.2, 0) is 14.8 Å². The second-order valence-corrected chi connectivity index (χ2v) is 7.88. The van der Waals surface area contributed by atoms with Crippen LogP contribution in [0.2, 0.25) is 0 Å². The molecule has 0 saturated carbocycles. The van der Waals surface area contributed by atoms with Crippen LogP contribution < -0.4 is 10.0 Å². The molecule has 0 radical (unpaired) electrons. The number of amides is 1. The van der Waals surface area contributed by atoms with Crippen molar-refractivity contribution in [3.63, 3.8) is 0 Å². The van der Waals surface area contributed by atoms with Gasteiger partial charge in [0.05, 0.1) is 0 Å². The maximum Gasteiger partial charge on any atom is 0.233 e. The summed E-state index contributed by atoms with van der Waals surface area (Å²) in [5.41, 5.74) is 2.69. The minimum absolute atomic E-state index is 0.0391. The number of hydrogen-bond donors (Lipinski definition) is 2. The molecule has 0 aliphatic carbocycles. The summed E-state index contributed by atoms with van der Waals surface area (Å²) in [7, 11) is -3.57. The summed E-state index contributed by atoms with van der Waals surface area (Å²) in [6.07, 6.45) is 1.57. The van der Waals surface area contributed by atoms with Crippen LogP contribution in [0.25, 0.3) is 6.08 Å². The molecule has 6 heteroatoms. The Morgan fingerprint density at radius 1 is 1.04 bits per heavy atom. The second-order valence-electron chi connectivity index (χ2n) is 6.23. The summed E-state index contributed by atoms with van der Waals surface area (Å²) in [5, 5.41) is 3.86. The zero-order valence-electron chi connectivity index (χ0n) is 15.0. The van der Waals surface area contributed by atoms with Crippen LogP contribution in [0.1, 0.15) is 37.3 Å². The van der Waals surface area contributed by atoms with Crippen molar-refractivity contribution in [1.82, 2.24) is 4.72 Å². The van der Waals surface area contributed by atoms with E-state index in [1.807, 2.05) is 54.6 Å². The molecule has 0 atom stereocenters. The number of sulfonamides is 1. The van der Waals surface area contributed by atoms with Crippen molar-refractivity contribution >= 4 is 27.7 Å². The Balaban J connectivity index is 1.79. The first-order chi connectivity index (χ1) is 12.4. The molecule has 0 heterocycles. The van der Waals surface area contributed by atoms with Crippen LogP contribution in [-0.4, -0.2) is 20.9 Å². The van der Waals surface area contributed by atoms with E-state index in [1.165, 1.54) is 11.6 Å². The summed E-state index contributed by atoms with van der Waals surface area (Å²) in [6.45, 7) is 4.25. The average molecular weight is 372 g/mol. The Kier molecular flexibility index (Phi) is 7.12. The smallest absolute Gasteiger partial charge is 0.233 e. The first-order valence-electron chi connectivity index (χ1n) is 8.48. The van der Waals surface area contributed by atoms with E-state index in [2.05, 4.69) is 23.9 Å². The molecule has 2 rings (SSSR count). The highest BCUT2D eigenvalue weighted by atomic mass is 32.2. The van der Waals surface area contributed by atoms with Crippen molar-refractivity contribution in [3.8, 4) is 0 Å². The van der Waals surface area contributed by atoms with E-state index in [0.717, 1.165) is 11.0 Å². The molecule has 0 saturated heterocycles. The fourth-order valence-electron chi connectivity index (χ4n) is 2.26. The molecule has 0 spiro atoms. The van der Waals surface area contributed by atoms with Gasteiger partial charge in [-0.05, 0) is 35.3 Å². The van der Waals surface area contributed by atoms with Gasteiger partial charge in [-0.15, -0.1) is 0 Å². The number of rotatable bonds is 8. The largest absolute Gasteiger partial charge is 0.326 e. The predicted octanol–water partition coefficient (Wildman–Crippen LogP) is 3.73.